The minimum Gasteiger partial charge on any atom is -0.396 e. The van der Waals surface area contributed by atoms with Crippen molar-refractivity contribution in [2.75, 3.05) is 6.61 Å². The topological polar surface area (TPSA) is 50.9 Å². The number of rotatable bonds is 6. The highest BCUT2D eigenvalue weighted by Crippen LogP contribution is 2.27. The van der Waals surface area contributed by atoms with Gasteiger partial charge in [0.25, 0.3) is 0 Å². The summed E-state index contributed by atoms with van der Waals surface area (Å²) in [5.74, 6) is 0.965. The Hall–Kier alpha value is -1.20. The first-order chi connectivity index (χ1) is 9.26. The van der Waals surface area contributed by atoms with Crippen molar-refractivity contribution in [1.82, 2.24) is 14.8 Å². The summed E-state index contributed by atoms with van der Waals surface area (Å²) in [5.41, 5.74) is 1.11. The Labute approximate surface area is 121 Å². The number of nitrogens with zero attached hydrogens (tertiary/aromatic N) is 3. The molecule has 0 amide bonds. The molecule has 1 heterocycles. The highest BCUT2D eigenvalue weighted by Gasteiger charge is 2.17. The first-order valence-electron chi connectivity index (χ1n) is 6.48. The fraction of sp³-hybridized carbons (Fsp3) is 0.429. The average Bonchev–Trinajstić information content (AvgIpc) is 2.85. The van der Waals surface area contributed by atoms with Gasteiger partial charge in [-0.05, 0) is 18.1 Å². The molecule has 0 spiro atoms. The Morgan fingerprint density at radius 1 is 1.37 bits per heavy atom. The largest absolute Gasteiger partial charge is 0.396 e. The number of halogens is 1. The van der Waals surface area contributed by atoms with E-state index in [1.54, 1.807) is 6.33 Å². The van der Waals surface area contributed by atoms with Gasteiger partial charge in [-0.1, -0.05) is 41.1 Å². The van der Waals surface area contributed by atoms with Crippen LogP contribution in [0.25, 0.3) is 0 Å². The number of aromatic nitrogens is 3. The van der Waals surface area contributed by atoms with Gasteiger partial charge in [-0.15, -0.1) is 0 Å². The van der Waals surface area contributed by atoms with E-state index in [4.69, 9.17) is 0 Å². The lowest BCUT2D eigenvalue weighted by Crippen LogP contribution is -2.13. The summed E-state index contributed by atoms with van der Waals surface area (Å²) < 4.78 is 2.94. The van der Waals surface area contributed by atoms with Crippen LogP contribution in [0.2, 0.25) is 0 Å². The number of aliphatic hydroxyl groups excluding tert-OH is 1. The molecular formula is C14H18BrN3O. The fourth-order valence-corrected chi connectivity index (χ4v) is 2.75. The number of aryl methyl sites for hydroxylation is 1. The van der Waals surface area contributed by atoms with Crippen molar-refractivity contribution >= 4 is 15.9 Å². The summed E-state index contributed by atoms with van der Waals surface area (Å²) in [7, 11) is 0. The van der Waals surface area contributed by atoms with E-state index in [1.807, 2.05) is 28.9 Å². The quantitative estimate of drug-likeness (QED) is 0.889. The molecular weight excluding hydrogens is 306 g/mol. The Morgan fingerprint density at radius 3 is 2.84 bits per heavy atom. The van der Waals surface area contributed by atoms with Gasteiger partial charge in [-0.25, -0.2) is 4.98 Å². The van der Waals surface area contributed by atoms with Crippen LogP contribution in [-0.4, -0.2) is 26.5 Å². The molecule has 1 N–H and O–H groups in total. The maximum atomic E-state index is 9.65. The van der Waals surface area contributed by atoms with E-state index in [1.165, 1.54) is 0 Å². The summed E-state index contributed by atoms with van der Waals surface area (Å²) in [6.45, 7) is 3.08. The molecule has 0 bridgehead atoms. The predicted octanol–water partition coefficient (Wildman–Crippen LogP) is 2.77. The lowest BCUT2D eigenvalue weighted by molar-refractivity contribution is 0.261. The maximum absolute atomic E-state index is 9.65. The lowest BCUT2D eigenvalue weighted by Gasteiger charge is -2.16. The highest BCUT2D eigenvalue weighted by molar-refractivity contribution is 9.10. The van der Waals surface area contributed by atoms with E-state index in [0.29, 0.717) is 6.42 Å². The highest BCUT2D eigenvalue weighted by atomic mass is 79.9. The van der Waals surface area contributed by atoms with Crippen molar-refractivity contribution in [2.24, 2.45) is 0 Å². The zero-order valence-electron chi connectivity index (χ0n) is 11.0. The molecule has 0 aliphatic rings. The van der Waals surface area contributed by atoms with Crippen LogP contribution in [-0.2, 0) is 13.0 Å². The monoisotopic (exact) mass is 323 g/mol. The van der Waals surface area contributed by atoms with Gasteiger partial charge in [0.1, 0.15) is 12.2 Å². The smallest absolute Gasteiger partial charge is 0.138 e. The summed E-state index contributed by atoms with van der Waals surface area (Å²) in [5, 5.41) is 13.9. The second-order valence-electron chi connectivity index (χ2n) is 4.50. The van der Waals surface area contributed by atoms with Crippen molar-refractivity contribution in [3.8, 4) is 0 Å². The Kier molecular flexibility index (Phi) is 5.10. The predicted molar refractivity (Wildman–Crippen MR) is 78.0 cm³/mol. The maximum Gasteiger partial charge on any atom is 0.138 e. The van der Waals surface area contributed by atoms with Crippen LogP contribution in [0, 0.1) is 0 Å². The summed E-state index contributed by atoms with van der Waals surface area (Å²) in [4.78, 5) is 4.30. The van der Waals surface area contributed by atoms with Crippen LogP contribution < -0.4 is 0 Å². The van der Waals surface area contributed by atoms with Gasteiger partial charge >= 0.3 is 0 Å². The van der Waals surface area contributed by atoms with Crippen molar-refractivity contribution in [3.05, 3.63) is 46.5 Å². The number of benzene rings is 1. The van der Waals surface area contributed by atoms with Gasteiger partial charge in [0, 0.05) is 23.4 Å². The molecule has 0 fully saturated rings. The van der Waals surface area contributed by atoms with E-state index < -0.39 is 0 Å². The molecule has 5 heteroatoms. The summed E-state index contributed by atoms with van der Waals surface area (Å²) in [6.07, 6.45) is 3.30. The van der Waals surface area contributed by atoms with E-state index in [2.05, 4.69) is 32.9 Å². The molecule has 4 nitrogen and oxygen atoms in total. The van der Waals surface area contributed by atoms with Crippen molar-refractivity contribution in [3.63, 3.8) is 0 Å². The van der Waals surface area contributed by atoms with Crippen LogP contribution in [0.3, 0.4) is 0 Å². The second kappa shape index (κ2) is 6.82. The third kappa shape index (κ3) is 3.42. The van der Waals surface area contributed by atoms with Crippen LogP contribution in [0.4, 0.5) is 0 Å². The molecule has 19 heavy (non-hydrogen) atoms. The van der Waals surface area contributed by atoms with Crippen molar-refractivity contribution in [1.29, 1.82) is 0 Å². The molecule has 0 saturated heterocycles. The first-order valence-corrected chi connectivity index (χ1v) is 7.27. The third-order valence-electron chi connectivity index (χ3n) is 3.13. The number of aliphatic hydroxyl groups is 1. The lowest BCUT2D eigenvalue weighted by atomic mass is 9.96. The van der Waals surface area contributed by atoms with Crippen LogP contribution in [0.15, 0.2) is 35.1 Å². The summed E-state index contributed by atoms with van der Waals surface area (Å²) in [6, 6.07) is 7.99. The minimum absolute atomic E-state index is 0.0374. The zero-order chi connectivity index (χ0) is 13.7. The molecule has 1 aromatic heterocycles. The second-order valence-corrected chi connectivity index (χ2v) is 5.36. The molecule has 1 unspecified atom stereocenters. The Morgan fingerprint density at radius 2 is 2.16 bits per heavy atom. The van der Waals surface area contributed by atoms with Gasteiger partial charge < -0.3 is 5.11 Å². The standard InChI is InChI=1S/C14H18BrN3O/c1-2-7-18-14(16-10-17-18)8-11(9-19)12-5-3-4-6-13(12)15/h3-6,10-11,19H,2,7-9H2,1H3. The third-order valence-corrected chi connectivity index (χ3v) is 3.85. The van der Waals surface area contributed by atoms with E-state index >= 15 is 0 Å². The SMILES string of the molecule is CCCn1ncnc1CC(CO)c1ccccc1Br. The number of hydrogen-bond acceptors (Lipinski definition) is 3. The zero-order valence-corrected chi connectivity index (χ0v) is 12.5. The van der Waals surface area contributed by atoms with Crippen molar-refractivity contribution in [2.45, 2.75) is 32.2 Å². The van der Waals surface area contributed by atoms with E-state index in [9.17, 15) is 5.11 Å². The fourth-order valence-electron chi connectivity index (χ4n) is 2.14. The molecule has 1 atom stereocenters. The normalized spacial score (nSPS) is 12.6. The molecule has 0 radical (unpaired) electrons. The van der Waals surface area contributed by atoms with Crippen molar-refractivity contribution < 1.29 is 5.11 Å². The minimum atomic E-state index is 0.0374. The molecule has 1 aromatic carbocycles. The summed E-state index contributed by atoms with van der Waals surface area (Å²) >= 11 is 3.54. The van der Waals surface area contributed by atoms with Gasteiger partial charge in [-0.3, -0.25) is 4.68 Å². The first kappa shape index (κ1) is 14.2. The molecule has 2 aromatic rings. The van der Waals surface area contributed by atoms with Crippen LogP contribution in [0.1, 0.15) is 30.7 Å². The van der Waals surface area contributed by atoms with E-state index in [-0.39, 0.29) is 12.5 Å². The van der Waals surface area contributed by atoms with Gasteiger partial charge in [-0.2, -0.15) is 5.10 Å². The number of hydrogen-bond donors (Lipinski definition) is 1. The van der Waals surface area contributed by atoms with Gasteiger partial charge in [0.2, 0.25) is 0 Å². The molecule has 0 saturated carbocycles. The molecule has 2 rings (SSSR count). The molecule has 0 aliphatic carbocycles. The Balaban J connectivity index is 2.19. The molecule has 102 valence electrons. The van der Waals surface area contributed by atoms with Gasteiger partial charge in [0.05, 0.1) is 6.61 Å². The van der Waals surface area contributed by atoms with Gasteiger partial charge in [0.15, 0.2) is 0 Å². The van der Waals surface area contributed by atoms with Crippen LogP contribution >= 0.6 is 15.9 Å². The molecule has 0 aliphatic heterocycles. The average molecular weight is 324 g/mol. The van der Waals surface area contributed by atoms with Crippen LogP contribution in [0.5, 0.6) is 0 Å². The Bertz CT molecular complexity index is 527. The van der Waals surface area contributed by atoms with E-state index in [0.717, 1.165) is 28.8 Å².